The Bertz CT molecular complexity index is 382. The van der Waals surface area contributed by atoms with E-state index in [1.807, 2.05) is 0 Å². The molecule has 0 aliphatic heterocycles. The lowest BCUT2D eigenvalue weighted by atomic mass is 10.0. The Morgan fingerprint density at radius 1 is 0.900 bits per heavy atom. The highest BCUT2D eigenvalue weighted by atomic mass is 16.2. The molecule has 0 heterocycles. The van der Waals surface area contributed by atoms with Crippen molar-refractivity contribution in [2.45, 2.75) is 52.7 Å². The summed E-state index contributed by atoms with van der Waals surface area (Å²) in [5.41, 5.74) is 0. The van der Waals surface area contributed by atoms with Gasteiger partial charge < -0.3 is 20.7 Å². The lowest BCUT2D eigenvalue weighted by Crippen LogP contribution is -2.55. The molecule has 0 aliphatic carbocycles. The monoisotopic (exact) mass is 285 g/mol. The van der Waals surface area contributed by atoms with Gasteiger partial charge in [0.1, 0.15) is 18.4 Å². The highest BCUT2D eigenvalue weighted by Crippen LogP contribution is 2.02. The molecule has 0 rings (SSSR count). The molecule has 3 atom stereocenters. The lowest BCUT2D eigenvalue weighted by molar-refractivity contribution is -0.132. The van der Waals surface area contributed by atoms with Crippen molar-refractivity contribution in [3.8, 4) is 0 Å². The number of hydrogen-bond acceptors (Lipinski definition) is 4. The second-order valence-corrected chi connectivity index (χ2v) is 5.09. The van der Waals surface area contributed by atoms with E-state index in [0.717, 1.165) is 0 Å². The molecule has 7 nitrogen and oxygen atoms in total. The molecular weight excluding hydrogens is 262 g/mol. The van der Waals surface area contributed by atoms with Gasteiger partial charge in [0.25, 0.3) is 0 Å². The molecule has 3 amide bonds. The second kappa shape index (κ2) is 8.29. The van der Waals surface area contributed by atoms with Crippen LogP contribution in [0.2, 0.25) is 0 Å². The topological polar surface area (TPSA) is 104 Å². The van der Waals surface area contributed by atoms with Crippen molar-refractivity contribution in [1.82, 2.24) is 16.0 Å². The van der Waals surface area contributed by atoms with E-state index in [2.05, 4.69) is 16.0 Å². The molecule has 7 heteroatoms. The van der Waals surface area contributed by atoms with Crippen molar-refractivity contribution in [1.29, 1.82) is 0 Å². The normalized spacial score (nSPS) is 14.9. The van der Waals surface area contributed by atoms with Gasteiger partial charge in [0.15, 0.2) is 0 Å². The van der Waals surface area contributed by atoms with Crippen LogP contribution in [0, 0.1) is 5.92 Å². The molecule has 20 heavy (non-hydrogen) atoms. The Kier molecular flexibility index (Phi) is 7.49. The first-order valence-electron chi connectivity index (χ1n) is 6.52. The third-order valence-electron chi connectivity index (χ3n) is 2.63. The minimum absolute atomic E-state index is 0.108. The van der Waals surface area contributed by atoms with E-state index in [1.165, 1.54) is 20.8 Å². The third-order valence-corrected chi connectivity index (χ3v) is 2.63. The Balaban J connectivity index is 4.58. The van der Waals surface area contributed by atoms with Gasteiger partial charge in [-0.3, -0.25) is 14.4 Å². The van der Waals surface area contributed by atoms with Crippen LogP contribution >= 0.6 is 0 Å². The smallest absolute Gasteiger partial charge is 0.243 e. The Hall–Kier alpha value is -1.92. The van der Waals surface area contributed by atoms with Crippen molar-refractivity contribution in [2.24, 2.45) is 5.92 Å². The van der Waals surface area contributed by atoms with Crippen LogP contribution in [0.4, 0.5) is 0 Å². The van der Waals surface area contributed by atoms with Gasteiger partial charge in [-0.15, -0.1) is 0 Å². The Morgan fingerprint density at radius 3 is 1.85 bits per heavy atom. The highest BCUT2D eigenvalue weighted by Gasteiger charge is 2.26. The zero-order valence-electron chi connectivity index (χ0n) is 12.5. The summed E-state index contributed by atoms with van der Waals surface area (Å²) in [4.78, 5) is 45.2. The van der Waals surface area contributed by atoms with Crippen molar-refractivity contribution >= 4 is 24.0 Å². The van der Waals surface area contributed by atoms with Crippen LogP contribution in [0.5, 0.6) is 0 Å². The number of nitrogens with one attached hydrogen (secondary N) is 3. The fourth-order valence-corrected chi connectivity index (χ4v) is 1.51. The minimum atomic E-state index is -0.792. The summed E-state index contributed by atoms with van der Waals surface area (Å²) in [6, 6.07) is -2.11. The van der Waals surface area contributed by atoms with Gasteiger partial charge in [0.05, 0.1) is 6.04 Å². The molecule has 0 bridgehead atoms. The number of carbonyl (C=O) groups excluding carboxylic acids is 4. The molecule has 0 radical (unpaired) electrons. The molecule has 0 aromatic rings. The fourth-order valence-electron chi connectivity index (χ4n) is 1.51. The van der Waals surface area contributed by atoms with E-state index in [4.69, 9.17) is 0 Å². The van der Waals surface area contributed by atoms with Crippen molar-refractivity contribution in [3.63, 3.8) is 0 Å². The maximum atomic E-state index is 12.0. The molecule has 3 N–H and O–H groups in total. The molecule has 114 valence electrons. The largest absolute Gasteiger partial charge is 0.345 e. The quantitative estimate of drug-likeness (QED) is 0.541. The van der Waals surface area contributed by atoms with Gasteiger partial charge in [0.2, 0.25) is 17.7 Å². The third kappa shape index (κ3) is 6.31. The summed E-state index contributed by atoms with van der Waals surface area (Å²) in [7, 11) is 0. The predicted molar refractivity (Wildman–Crippen MR) is 73.7 cm³/mol. The standard InChI is InChI=1S/C13H23N3O4/c1-7(2)11(16-10(5)18)13(20)15-9(4)12(19)14-8(3)6-17/h6-9,11H,1-5H3,(H,14,19)(H,15,20)(H,16,18)/t8-,9-,11-/m0/s1. The summed E-state index contributed by atoms with van der Waals surface area (Å²) in [5, 5.41) is 7.49. The van der Waals surface area contributed by atoms with Crippen LogP contribution in [-0.2, 0) is 19.2 Å². The van der Waals surface area contributed by atoms with Crippen molar-refractivity contribution < 1.29 is 19.2 Å². The first kappa shape index (κ1) is 18.1. The maximum Gasteiger partial charge on any atom is 0.243 e. The van der Waals surface area contributed by atoms with Crippen LogP contribution in [0.25, 0.3) is 0 Å². The lowest BCUT2D eigenvalue weighted by Gasteiger charge is -2.23. The zero-order valence-corrected chi connectivity index (χ0v) is 12.5. The van der Waals surface area contributed by atoms with Gasteiger partial charge >= 0.3 is 0 Å². The number of amides is 3. The van der Waals surface area contributed by atoms with Crippen LogP contribution in [0.15, 0.2) is 0 Å². The van der Waals surface area contributed by atoms with E-state index >= 15 is 0 Å². The average Bonchev–Trinajstić information content (AvgIpc) is 2.34. The first-order chi connectivity index (χ1) is 9.18. The number of aldehydes is 1. The summed E-state index contributed by atoms with van der Waals surface area (Å²) in [6.07, 6.45) is 0.598. The molecule has 0 saturated heterocycles. The SMILES string of the molecule is CC(=O)N[C@H](C(=O)N[C@@H](C)C(=O)N[C@@H](C)C=O)C(C)C. The molecular formula is C13H23N3O4. The van der Waals surface area contributed by atoms with Gasteiger partial charge in [-0.25, -0.2) is 0 Å². The molecule has 0 aromatic heterocycles. The molecule has 0 fully saturated rings. The van der Waals surface area contributed by atoms with Crippen LogP contribution in [0.1, 0.15) is 34.6 Å². The van der Waals surface area contributed by atoms with E-state index in [-0.39, 0.29) is 11.8 Å². The van der Waals surface area contributed by atoms with Crippen molar-refractivity contribution in [2.75, 3.05) is 0 Å². The molecule has 0 spiro atoms. The Morgan fingerprint density at radius 2 is 1.45 bits per heavy atom. The zero-order chi connectivity index (χ0) is 15.9. The number of carbonyl (C=O) groups is 4. The van der Waals surface area contributed by atoms with Crippen LogP contribution in [-0.4, -0.2) is 42.1 Å². The predicted octanol–water partition coefficient (Wildman–Crippen LogP) is -0.645. The van der Waals surface area contributed by atoms with E-state index in [1.54, 1.807) is 13.8 Å². The average molecular weight is 285 g/mol. The van der Waals surface area contributed by atoms with Crippen molar-refractivity contribution in [3.05, 3.63) is 0 Å². The van der Waals surface area contributed by atoms with Gasteiger partial charge in [-0.2, -0.15) is 0 Å². The molecule has 0 unspecified atom stereocenters. The first-order valence-corrected chi connectivity index (χ1v) is 6.52. The van der Waals surface area contributed by atoms with E-state index in [9.17, 15) is 19.2 Å². The van der Waals surface area contributed by atoms with E-state index in [0.29, 0.717) is 6.29 Å². The van der Waals surface area contributed by atoms with Crippen LogP contribution < -0.4 is 16.0 Å². The second-order valence-electron chi connectivity index (χ2n) is 5.09. The van der Waals surface area contributed by atoms with Gasteiger partial charge in [-0.05, 0) is 19.8 Å². The molecule has 0 aromatic carbocycles. The van der Waals surface area contributed by atoms with Gasteiger partial charge in [-0.1, -0.05) is 13.8 Å². The Labute approximate surface area is 118 Å². The number of hydrogen-bond donors (Lipinski definition) is 3. The fraction of sp³-hybridized carbons (Fsp3) is 0.692. The highest BCUT2D eigenvalue weighted by molar-refractivity contribution is 5.92. The summed E-state index contributed by atoms with van der Waals surface area (Å²) in [6.45, 7) is 7.95. The molecule has 0 aliphatic rings. The summed E-state index contributed by atoms with van der Waals surface area (Å²) < 4.78 is 0. The van der Waals surface area contributed by atoms with E-state index < -0.39 is 29.9 Å². The maximum absolute atomic E-state index is 12.0. The summed E-state index contributed by atoms with van der Waals surface area (Å²) >= 11 is 0. The van der Waals surface area contributed by atoms with Crippen LogP contribution in [0.3, 0.4) is 0 Å². The number of rotatable bonds is 7. The van der Waals surface area contributed by atoms with Gasteiger partial charge in [0, 0.05) is 6.92 Å². The summed E-state index contributed by atoms with van der Waals surface area (Å²) in [5.74, 6) is -1.31. The minimum Gasteiger partial charge on any atom is -0.345 e. The molecule has 0 saturated carbocycles.